The number of carbonyl (C=O) groups is 2. The quantitative estimate of drug-likeness (QED) is 0.911. The number of hydrogen-bond donors (Lipinski definition) is 1. The van der Waals surface area contributed by atoms with Gasteiger partial charge in [-0.15, -0.1) is 0 Å². The van der Waals surface area contributed by atoms with Crippen LogP contribution >= 0.6 is 0 Å². The Morgan fingerprint density at radius 2 is 1.88 bits per heavy atom. The molecule has 0 atom stereocenters. The van der Waals surface area contributed by atoms with Crippen molar-refractivity contribution in [1.82, 2.24) is 25.0 Å². The summed E-state index contributed by atoms with van der Waals surface area (Å²) in [4.78, 5) is 31.3. The van der Waals surface area contributed by atoms with E-state index in [1.54, 1.807) is 12.4 Å². The number of amides is 2. The second-order valence-corrected chi connectivity index (χ2v) is 7.67. The minimum Gasteiger partial charge on any atom is -0.353 e. The molecule has 7 nitrogen and oxygen atoms in total. The van der Waals surface area contributed by atoms with Gasteiger partial charge in [0.25, 0.3) is 5.91 Å². The second-order valence-electron chi connectivity index (χ2n) is 7.67. The fourth-order valence-corrected chi connectivity index (χ4v) is 3.51. The second kappa shape index (κ2) is 6.70. The van der Waals surface area contributed by atoms with Gasteiger partial charge in [0.05, 0.1) is 11.8 Å². The highest BCUT2D eigenvalue weighted by Crippen LogP contribution is 2.24. The van der Waals surface area contributed by atoms with E-state index in [1.807, 2.05) is 15.6 Å². The molecule has 1 aliphatic carbocycles. The summed E-state index contributed by atoms with van der Waals surface area (Å²) in [5, 5.41) is 8.30. The summed E-state index contributed by atoms with van der Waals surface area (Å²) >= 11 is 0. The maximum Gasteiger partial charge on any atom is 0.255 e. The third-order valence-electron chi connectivity index (χ3n) is 5.25. The molecule has 0 unspecified atom stereocenters. The number of piperidine rings is 1. The Morgan fingerprint density at radius 3 is 2.54 bits per heavy atom. The van der Waals surface area contributed by atoms with E-state index in [0.29, 0.717) is 24.7 Å². The van der Waals surface area contributed by atoms with Gasteiger partial charge in [0.15, 0.2) is 5.65 Å². The van der Waals surface area contributed by atoms with Crippen LogP contribution in [-0.2, 0) is 4.79 Å². The summed E-state index contributed by atoms with van der Waals surface area (Å²) in [5.74, 6) is 0.172. The molecule has 2 aromatic rings. The van der Waals surface area contributed by atoms with Crippen LogP contribution in [0.25, 0.3) is 11.0 Å². The molecule has 2 aromatic heterocycles. The highest BCUT2D eigenvalue weighted by atomic mass is 16.2. The van der Waals surface area contributed by atoms with Crippen molar-refractivity contribution in [2.75, 3.05) is 13.1 Å². The van der Waals surface area contributed by atoms with Gasteiger partial charge in [0.2, 0.25) is 5.91 Å². The van der Waals surface area contributed by atoms with Crippen LogP contribution in [0.4, 0.5) is 0 Å². The van der Waals surface area contributed by atoms with E-state index in [1.165, 1.54) is 0 Å². The predicted molar refractivity (Wildman–Crippen MR) is 97.7 cm³/mol. The summed E-state index contributed by atoms with van der Waals surface area (Å²) < 4.78 is 1.85. The molecule has 1 aliphatic heterocycles. The molecule has 26 heavy (non-hydrogen) atoms. The average Bonchev–Trinajstić information content (AvgIpc) is 3.35. The molecule has 138 valence electrons. The van der Waals surface area contributed by atoms with Crippen molar-refractivity contribution in [1.29, 1.82) is 0 Å². The highest BCUT2D eigenvalue weighted by molar-refractivity contribution is 5.97. The number of aromatic nitrogens is 3. The van der Waals surface area contributed by atoms with Crippen LogP contribution in [-0.4, -0.2) is 50.6 Å². The van der Waals surface area contributed by atoms with Crippen molar-refractivity contribution in [3.8, 4) is 0 Å². The first-order valence-electron chi connectivity index (χ1n) is 9.46. The van der Waals surface area contributed by atoms with Crippen LogP contribution in [0, 0.1) is 5.92 Å². The zero-order valence-corrected chi connectivity index (χ0v) is 15.3. The molecule has 2 aliphatic rings. The van der Waals surface area contributed by atoms with Crippen molar-refractivity contribution in [2.24, 2.45) is 5.92 Å². The van der Waals surface area contributed by atoms with Crippen molar-refractivity contribution < 1.29 is 9.59 Å². The van der Waals surface area contributed by atoms with Gasteiger partial charge in [-0.3, -0.25) is 9.59 Å². The molecule has 0 aromatic carbocycles. The minimum absolute atomic E-state index is 0.0160. The van der Waals surface area contributed by atoms with Gasteiger partial charge in [-0.25, -0.2) is 9.67 Å². The third kappa shape index (κ3) is 3.30. The van der Waals surface area contributed by atoms with Crippen LogP contribution in [0.15, 0.2) is 18.5 Å². The molecule has 2 fully saturated rings. The van der Waals surface area contributed by atoms with E-state index < -0.39 is 0 Å². The lowest BCUT2D eigenvalue weighted by atomic mass is 9.95. The molecule has 1 saturated carbocycles. The molecule has 1 saturated heterocycles. The number of hydrogen-bond acceptors (Lipinski definition) is 4. The Bertz CT molecular complexity index is 832. The van der Waals surface area contributed by atoms with Gasteiger partial charge in [-0.05, 0) is 45.6 Å². The first-order valence-corrected chi connectivity index (χ1v) is 9.46. The third-order valence-corrected chi connectivity index (χ3v) is 5.25. The first kappa shape index (κ1) is 17.0. The lowest BCUT2D eigenvalue weighted by Gasteiger charge is -2.31. The SMILES string of the molecule is CC(C)n1ncc2cc(C(=O)N3CCC(C(=O)NC4CC4)CC3)cnc21. The Kier molecular flexibility index (Phi) is 4.38. The Balaban J connectivity index is 1.41. The fourth-order valence-electron chi connectivity index (χ4n) is 3.51. The van der Waals surface area contributed by atoms with Gasteiger partial charge in [0.1, 0.15) is 0 Å². The van der Waals surface area contributed by atoms with Crippen molar-refractivity contribution in [2.45, 2.75) is 51.6 Å². The molecule has 0 spiro atoms. The standard InChI is InChI=1S/C19H25N5O2/c1-12(2)24-17-14(11-21-24)9-15(10-20-17)19(26)23-7-5-13(6-8-23)18(25)22-16-3-4-16/h9-13,16H,3-8H2,1-2H3,(H,22,25). The molecule has 4 rings (SSSR count). The summed E-state index contributed by atoms with van der Waals surface area (Å²) in [6.07, 6.45) is 7.05. The van der Waals surface area contributed by atoms with Gasteiger partial charge < -0.3 is 10.2 Å². The first-order chi connectivity index (χ1) is 12.5. The number of nitrogens with one attached hydrogen (secondary N) is 1. The predicted octanol–water partition coefficient (Wildman–Crippen LogP) is 2.14. The van der Waals surface area contributed by atoms with Crippen LogP contribution in [0.3, 0.4) is 0 Å². The Morgan fingerprint density at radius 1 is 1.15 bits per heavy atom. The smallest absolute Gasteiger partial charge is 0.255 e. The number of likely N-dealkylation sites (tertiary alicyclic amines) is 1. The maximum atomic E-state index is 12.8. The van der Waals surface area contributed by atoms with E-state index in [2.05, 4.69) is 29.2 Å². The minimum atomic E-state index is -0.0160. The number of fused-ring (bicyclic) bond motifs is 1. The van der Waals surface area contributed by atoms with E-state index in [0.717, 1.165) is 36.7 Å². The van der Waals surface area contributed by atoms with Crippen LogP contribution < -0.4 is 5.32 Å². The molecular weight excluding hydrogens is 330 g/mol. The molecule has 3 heterocycles. The normalized spacial score (nSPS) is 18.5. The Hall–Kier alpha value is -2.44. The maximum absolute atomic E-state index is 12.8. The average molecular weight is 355 g/mol. The molecule has 0 bridgehead atoms. The lowest BCUT2D eigenvalue weighted by Crippen LogP contribution is -2.43. The van der Waals surface area contributed by atoms with E-state index in [-0.39, 0.29) is 23.8 Å². The number of rotatable bonds is 4. The summed E-state index contributed by atoms with van der Waals surface area (Å²) in [6, 6.07) is 2.48. The summed E-state index contributed by atoms with van der Waals surface area (Å²) in [7, 11) is 0. The van der Waals surface area contributed by atoms with Gasteiger partial charge in [-0.1, -0.05) is 0 Å². The summed E-state index contributed by atoms with van der Waals surface area (Å²) in [5.41, 5.74) is 1.38. The number of pyridine rings is 1. The van der Waals surface area contributed by atoms with Crippen LogP contribution in [0.2, 0.25) is 0 Å². The molecule has 1 N–H and O–H groups in total. The van der Waals surface area contributed by atoms with Crippen molar-refractivity contribution in [3.05, 3.63) is 24.0 Å². The Labute approximate surface area is 152 Å². The molecule has 7 heteroatoms. The van der Waals surface area contributed by atoms with E-state index in [4.69, 9.17) is 0 Å². The molecular formula is C19H25N5O2. The molecule has 0 radical (unpaired) electrons. The van der Waals surface area contributed by atoms with Crippen molar-refractivity contribution >= 4 is 22.8 Å². The molecule has 2 amide bonds. The van der Waals surface area contributed by atoms with Gasteiger partial charge >= 0.3 is 0 Å². The number of carbonyl (C=O) groups excluding carboxylic acids is 2. The topological polar surface area (TPSA) is 80.1 Å². The zero-order valence-electron chi connectivity index (χ0n) is 15.3. The monoisotopic (exact) mass is 355 g/mol. The number of nitrogens with zero attached hydrogens (tertiary/aromatic N) is 4. The van der Waals surface area contributed by atoms with E-state index >= 15 is 0 Å². The lowest BCUT2D eigenvalue weighted by molar-refractivity contribution is -0.126. The van der Waals surface area contributed by atoms with E-state index in [9.17, 15) is 9.59 Å². The highest BCUT2D eigenvalue weighted by Gasteiger charge is 2.31. The van der Waals surface area contributed by atoms with Crippen LogP contribution in [0.1, 0.15) is 55.9 Å². The van der Waals surface area contributed by atoms with Crippen LogP contribution in [0.5, 0.6) is 0 Å². The summed E-state index contributed by atoms with van der Waals surface area (Å²) in [6.45, 7) is 5.34. The van der Waals surface area contributed by atoms with Crippen molar-refractivity contribution in [3.63, 3.8) is 0 Å². The van der Waals surface area contributed by atoms with Gasteiger partial charge in [-0.2, -0.15) is 5.10 Å². The largest absolute Gasteiger partial charge is 0.353 e. The fraction of sp³-hybridized carbons (Fsp3) is 0.579. The zero-order chi connectivity index (χ0) is 18.3. The van der Waals surface area contributed by atoms with Gasteiger partial charge in [0, 0.05) is 42.7 Å².